The molecule has 15 heavy (non-hydrogen) atoms. The second kappa shape index (κ2) is 3.97. The van der Waals surface area contributed by atoms with Gasteiger partial charge in [-0.25, -0.2) is 4.39 Å². The lowest BCUT2D eigenvalue weighted by molar-refractivity contribution is -0.119. The number of carbonyl (C=O) groups excluding carboxylic acids is 1. The number of benzene rings is 1. The highest BCUT2D eigenvalue weighted by Gasteiger charge is 2.32. The van der Waals surface area contributed by atoms with Crippen LogP contribution in [0.1, 0.15) is 25.3 Å². The maximum absolute atomic E-state index is 13.6. The largest absolute Gasteiger partial charge is 0.291 e. The number of allylic oxidation sites excluding steroid dienone is 2. The third-order valence-electron chi connectivity index (χ3n) is 2.92. The standard InChI is InChI=1S/C13H13FO/c1-2-9-8-11(12(14)13(9)15)10-6-4-3-5-7-10/h3-7,9H,2,8H2,1H3. The minimum Gasteiger partial charge on any atom is -0.291 e. The highest BCUT2D eigenvalue weighted by molar-refractivity contribution is 6.06. The van der Waals surface area contributed by atoms with Crippen molar-refractivity contribution in [3.05, 3.63) is 41.7 Å². The lowest BCUT2D eigenvalue weighted by Gasteiger charge is -2.04. The molecule has 1 unspecified atom stereocenters. The van der Waals surface area contributed by atoms with Gasteiger partial charge in [0.1, 0.15) is 0 Å². The molecule has 1 aliphatic carbocycles. The van der Waals surface area contributed by atoms with Crippen LogP contribution in [-0.4, -0.2) is 5.78 Å². The number of ketones is 1. The molecule has 1 aromatic rings. The first kappa shape index (κ1) is 10.1. The van der Waals surface area contributed by atoms with Crippen molar-refractivity contribution in [3.63, 3.8) is 0 Å². The first-order valence-electron chi connectivity index (χ1n) is 5.22. The summed E-state index contributed by atoms with van der Waals surface area (Å²) in [5.41, 5.74) is 1.41. The zero-order valence-corrected chi connectivity index (χ0v) is 8.66. The molecule has 78 valence electrons. The Morgan fingerprint density at radius 1 is 1.33 bits per heavy atom. The Kier molecular flexibility index (Phi) is 2.67. The molecule has 0 saturated carbocycles. The average Bonchev–Trinajstić information content (AvgIpc) is 2.57. The zero-order chi connectivity index (χ0) is 10.8. The molecule has 0 bridgehead atoms. The van der Waals surface area contributed by atoms with E-state index in [4.69, 9.17) is 0 Å². The van der Waals surface area contributed by atoms with Crippen molar-refractivity contribution in [3.8, 4) is 0 Å². The van der Waals surface area contributed by atoms with Crippen LogP contribution in [-0.2, 0) is 4.79 Å². The van der Waals surface area contributed by atoms with Gasteiger partial charge in [0.2, 0.25) is 0 Å². The van der Waals surface area contributed by atoms with Gasteiger partial charge in [0.15, 0.2) is 11.6 Å². The Balaban J connectivity index is 2.36. The zero-order valence-electron chi connectivity index (χ0n) is 8.66. The molecular formula is C13H13FO. The van der Waals surface area contributed by atoms with Gasteiger partial charge in [-0.1, -0.05) is 37.3 Å². The molecule has 0 aliphatic heterocycles. The van der Waals surface area contributed by atoms with Gasteiger partial charge in [-0.2, -0.15) is 0 Å². The number of carbonyl (C=O) groups is 1. The molecule has 0 fully saturated rings. The Hall–Kier alpha value is -1.44. The molecule has 0 radical (unpaired) electrons. The Bertz CT molecular complexity index is 406. The number of rotatable bonds is 2. The molecule has 1 aromatic carbocycles. The number of Topliss-reactive ketones (excluding diaryl/α,β-unsaturated/α-hetero) is 1. The van der Waals surface area contributed by atoms with E-state index >= 15 is 0 Å². The van der Waals surface area contributed by atoms with Gasteiger partial charge in [-0.3, -0.25) is 4.79 Å². The van der Waals surface area contributed by atoms with Crippen LogP contribution in [0.3, 0.4) is 0 Å². The van der Waals surface area contributed by atoms with E-state index in [9.17, 15) is 9.18 Å². The summed E-state index contributed by atoms with van der Waals surface area (Å²) >= 11 is 0. The summed E-state index contributed by atoms with van der Waals surface area (Å²) in [6, 6.07) is 9.30. The summed E-state index contributed by atoms with van der Waals surface area (Å²) in [7, 11) is 0. The van der Waals surface area contributed by atoms with Crippen molar-refractivity contribution in [1.82, 2.24) is 0 Å². The van der Waals surface area contributed by atoms with E-state index in [1.807, 2.05) is 37.3 Å². The lowest BCUT2D eigenvalue weighted by Crippen LogP contribution is -2.06. The van der Waals surface area contributed by atoms with Crippen molar-refractivity contribution < 1.29 is 9.18 Å². The minimum absolute atomic E-state index is 0.153. The quantitative estimate of drug-likeness (QED) is 0.721. The van der Waals surface area contributed by atoms with Gasteiger partial charge < -0.3 is 0 Å². The number of hydrogen-bond acceptors (Lipinski definition) is 1. The van der Waals surface area contributed by atoms with Crippen LogP contribution >= 0.6 is 0 Å². The fourth-order valence-corrected chi connectivity index (χ4v) is 1.97. The van der Waals surface area contributed by atoms with Crippen molar-refractivity contribution >= 4 is 11.4 Å². The predicted octanol–water partition coefficient (Wildman–Crippen LogP) is 3.37. The van der Waals surface area contributed by atoms with Gasteiger partial charge in [0.25, 0.3) is 0 Å². The summed E-state index contributed by atoms with van der Waals surface area (Å²) in [5, 5.41) is 0. The fraction of sp³-hybridized carbons (Fsp3) is 0.308. The monoisotopic (exact) mass is 204 g/mol. The first-order valence-corrected chi connectivity index (χ1v) is 5.22. The lowest BCUT2D eigenvalue weighted by atomic mass is 9.99. The van der Waals surface area contributed by atoms with Crippen LogP contribution in [0.5, 0.6) is 0 Å². The van der Waals surface area contributed by atoms with Crippen LogP contribution in [0.15, 0.2) is 36.2 Å². The second-order valence-electron chi connectivity index (χ2n) is 3.83. The molecule has 0 spiro atoms. The van der Waals surface area contributed by atoms with Gasteiger partial charge in [-0.05, 0) is 24.0 Å². The molecule has 0 heterocycles. The highest BCUT2D eigenvalue weighted by atomic mass is 19.1. The summed E-state index contributed by atoms with van der Waals surface area (Å²) < 4.78 is 13.6. The molecule has 2 heteroatoms. The van der Waals surface area contributed by atoms with E-state index in [-0.39, 0.29) is 11.7 Å². The normalized spacial score (nSPS) is 21.2. The van der Waals surface area contributed by atoms with Crippen molar-refractivity contribution in [2.45, 2.75) is 19.8 Å². The summed E-state index contributed by atoms with van der Waals surface area (Å²) in [6.07, 6.45) is 1.26. The van der Waals surface area contributed by atoms with Crippen LogP contribution in [0.25, 0.3) is 5.57 Å². The van der Waals surface area contributed by atoms with Gasteiger partial charge in [0, 0.05) is 5.92 Å². The van der Waals surface area contributed by atoms with E-state index in [2.05, 4.69) is 0 Å². The van der Waals surface area contributed by atoms with Gasteiger partial charge in [0.05, 0.1) is 0 Å². The van der Waals surface area contributed by atoms with Crippen molar-refractivity contribution in [1.29, 1.82) is 0 Å². The fourth-order valence-electron chi connectivity index (χ4n) is 1.97. The Morgan fingerprint density at radius 3 is 2.53 bits per heavy atom. The van der Waals surface area contributed by atoms with Crippen LogP contribution in [0.4, 0.5) is 4.39 Å². The van der Waals surface area contributed by atoms with Crippen LogP contribution in [0, 0.1) is 5.92 Å². The minimum atomic E-state index is -0.534. The molecule has 2 rings (SSSR count). The smallest absolute Gasteiger partial charge is 0.194 e. The maximum Gasteiger partial charge on any atom is 0.194 e. The summed E-state index contributed by atoms with van der Waals surface area (Å²) in [4.78, 5) is 11.5. The van der Waals surface area contributed by atoms with Gasteiger partial charge in [-0.15, -0.1) is 0 Å². The highest BCUT2D eigenvalue weighted by Crippen LogP contribution is 2.37. The molecule has 0 N–H and O–H groups in total. The van der Waals surface area contributed by atoms with Crippen LogP contribution in [0.2, 0.25) is 0 Å². The predicted molar refractivity (Wildman–Crippen MR) is 57.9 cm³/mol. The molecule has 0 saturated heterocycles. The van der Waals surface area contributed by atoms with Crippen molar-refractivity contribution in [2.75, 3.05) is 0 Å². The van der Waals surface area contributed by atoms with E-state index < -0.39 is 5.83 Å². The average molecular weight is 204 g/mol. The molecule has 1 nitrogen and oxygen atoms in total. The topological polar surface area (TPSA) is 17.1 Å². The SMILES string of the molecule is CCC1CC(c2ccccc2)=C(F)C1=O. The van der Waals surface area contributed by atoms with E-state index in [0.717, 1.165) is 5.56 Å². The maximum atomic E-state index is 13.6. The third kappa shape index (κ3) is 1.72. The first-order chi connectivity index (χ1) is 7.24. The molecule has 0 aromatic heterocycles. The van der Waals surface area contributed by atoms with Gasteiger partial charge >= 0.3 is 0 Å². The van der Waals surface area contributed by atoms with E-state index in [0.29, 0.717) is 18.4 Å². The van der Waals surface area contributed by atoms with E-state index in [1.54, 1.807) is 0 Å². The Morgan fingerprint density at radius 2 is 2.00 bits per heavy atom. The second-order valence-corrected chi connectivity index (χ2v) is 3.83. The van der Waals surface area contributed by atoms with Crippen LogP contribution < -0.4 is 0 Å². The Labute approximate surface area is 88.6 Å². The molecular weight excluding hydrogens is 191 g/mol. The summed E-state index contributed by atoms with van der Waals surface area (Å²) in [6.45, 7) is 1.92. The number of hydrogen-bond donors (Lipinski definition) is 0. The molecule has 1 atom stereocenters. The summed E-state index contributed by atoms with van der Waals surface area (Å²) in [5.74, 6) is -1.01. The van der Waals surface area contributed by atoms with E-state index in [1.165, 1.54) is 0 Å². The molecule has 1 aliphatic rings. The van der Waals surface area contributed by atoms with Crippen molar-refractivity contribution in [2.24, 2.45) is 5.92 Å². The third-order valence-corrected chi connectivity index (χ3v) is 2.92. The molecule has 0 amide bonds. The number of halogens is 1.